The van der Waals surface area contributed by atoms with Crippen molar-refractivity contribution < 1.29 is 18.0 Å². The molecule has 21 heavy (non-hydrogen) atoms. The lowest BCUT2D eigenvalue weighted by atomic mass is 10.0. The van der Waals surface area contributed by atoms with Gasteiger partial charge in [-0.15, -0.1) is 0 Å². The average Bonchev–Trinajstić information content (AvgIpc) is 2.45. The van der Waals surface area contributed by atoms with Crippen LogP contribution in [0.1, 0.15) is 11.1 Å². The first-order valence-corrected chi connectivity index (χ1v) is 6.11. The number of alkyl halides is 3. The zero-order valence-electron chi connectivity index (χ0n) is 10.9. The van der Waals surface area contributed by atoms with Gasteiger partial charge in [0.05, 0.1) is 5.56 Å². The SMILES string of the molecule is NC(=O)/C=C\c1ccc(-c2cccc(C(F)(F)F)c2)cc1. The lowest BCUT2D eigenvalue weighted by Gasteiger charge is -2.09. The van der Waals surface area contributed by atoms with Gasteiger partial charge in [0.15, 0.2) is 0 Å². The first kappa shape index (κ1) is 14.8. The van der Waals surface area contributed by atoms with E-state index in [0.29, 0.717) is 11.1 Å². The molecule has 5 heteroatoms. The normalized spacial score (nSPS) is 11.8. The van der Waals surface area contributed by atoms with Gasteiger partial charge in [0.1, 0.15) is 0 Å². The lowest BCUT2D eigenvalue weighted by molar-refractivity contribution is -0.137. The van der Waals surface area contributed by atoms with Gasteiger partial charge in [-0.05, 0) is 34.9 Å². The molecule has 2 N–H and O–H groups in total. The summed E-state index contributed by atoms with van der Waals surface area (Å²) in [7, 11) is 0. The zero-order chi connectivity index (χ0) is 15.5. The number of amides is 1. The summed E-state index contributed by atoms with van der Waals surface area (Å²) in [5, 5.41) is 0. The Hall–Kier alpha value is -2.56. The van der Waals surface area contributed by atoms with E-state index in [-0.39, 0.29) is 0 Å². The molecule has 0 unspecified atom stereocenters. The van der Waals surface area contributed by atoms with Crippen molar-refractivity contribution in [3.05, 3.63) is 65.7 Å². The molecule has 0 fully saturated rings. The number of hydrogen-bond acceptors (Lipinski definition) is 1. The van der Waals surface area contributed by atoms with Crippen LogP contribution in [0.3, 0.4) is 0 Å². The van der Waals surface area contributed by atoms with Gasteiger partial charge in [-0.1, -0.05) is 36.4 Å². The van der Waals surface area contributed by atoms with Crippen molar-refractivity contribution in [3.8, 4) is 11.1 Å². The van der Waals surface area contributed by atoms with Gasteiger partial charge in [0.2, 0.25) is 5.91 Å². The Kier molecular flexibility index (Phi) is 4.12. The summed E-state index contributed by atoms with van der Waals surface area (Å²) in [5.41, 5.74) is 6.19. The Morgan fingerprint density at radius 2 is 1.67 bits per heavy atom. The lowest BCUT2D eigenvalue weighted by Crippen LogP contribution is -2.05. The molecule has 0 saturated carbocycles. The maximum Gasteiger partial charge on any atom is 0.416 e. The Balaban J connectivity index is 2.29. The Labute approximate surface area is 119 Å². The molecular formula is C16H12F3NO. The number of primary amides is 1. The van der Waals surface area contributed by atoms with Gasteiger partial charge in [-0.3, -0.25) is 4.79 Å². The van der Waals surface area contributed by atoms with E-state index in [0.717, 1.165) is 17.7 Å². The monoisotopic (exact) mass is 291 g/mol. The van der Waals surface area contributed by atoms with Gasteiger partial charge in [0.25, 0.3) is 0 Å². The zero-order valence-corrected chi connectivity index (χ0v) is 10.9. The van der Waals surface area contributed by atoms with E-state index in [1.54, 1.807) is 30.3 Å². The highest BCUT2D eigenvalue weighted by molar-refractivity contribution is 5.90. The van der Waals surface area contributed by atoms with Gasteiger partial charge < -0.3 is 5.73 Å². The molecule has 0 aliphatic carbocycles. The molecule has 0 atom stereocenters. The van der Waals surface area contributed by atoms with Crippen LogP contribution in [-0.4, -0.2) is 5.91 Å². The number of hydrogen-bond donors (Lipinski definition) is 1. The number of benzene rings is 2. The summed E-state index contributed by atoms with van der Waals surface area (Å²) in [5.74, 6) is -0.558. The van der Waals surface area contributed by atoms with Gasteiger partial charge in [-0.25, -0.2) is 0 Å². The molecule has 2 aromatic carbocycles. The molecule has 2 aromatic rings. The minimum atomic E-state index is -4.36. The molecule has 0 aliphatic rings. The highest BCUT2D eigenvalue weighted by Crippen LogP contribution is 2.32. The summed E-state index contributed by atoms with van der Waals surface area (Å²) in [6.07, 6.45) is -1.60. The molecule has 0 saturated heterocycles. The summed E-state index contributed by atoms with van der Waals surface area (Å²) >= 11 is 0. The van der Waals surface area contributed by atoms with Crippen LogP contribution < -0.4 is 5.73 Å². The first-order valence-electron chi connectivity index (χ1n) is 6.11. The van der Waals surface area contributed by atoms with Crippen LogP contribution in [-0.2, 0) is 11.0 Å². The summed E-state index contributed by atoms with van der Waals surface area (Å²) in [6, 6.07) is 11.9. The fourth-order valence-electron chi connectivity index (χ4n) is 1.84. The summed E-state index contributed by atoms with van der Waals surface area (Å²) < 4.78 is 38.0. The Bertz CT molecular complexity index is 673. The molecular weight excluding hydrogens is 279 g/mol. The molecule has 0 radical (unpaired) electrons. The van der Waals surface area contributed by atoms with E-state index in [2.05, 4.69) is 0 Å². The molecule has 0 bridgehead atoms. The highest BCUT2D eigenvalue weighted by atomic mass is 19.4. The minimum Gasteiger partial charge on any atom is -0.366 e. The van der Waals surface area contributed by atoms with Crippen LogP contribution in [0.25, 0.3) is 17.2 Å². The average molecular weight is 291 g/mol. The van der Waals surface area contributed by atoms with Crippen molar-refractivity contribution in [1.29, 1.82) is 0 Å². The van der Waals surface area contributed by atoms with Gasteiger partial charge >= 0.3 is 6.18 Å². The largest absolute Gasteiger partial charge is 0.416 e. The molecule has 0 spiro atoms. The maximum atomic E-state index is 12.7. The van der Waals surface area contributed by atoms with E-state index in [1.165, 1.54) is 18.2 Å². The van der Waals surface area contributed by atoms with E-state index in [4.69, 9.17) is 5.73 Å². The van der Waals surface area contributed by atoms with Crippen molar-refractivity contribution in [1.82, 2.24) is 0 Å². The van der Waals surface area contributed by atoms with E-state index >= 15 is 0 Å². The molecule has 0 aliphatic heterocycles. The van der Waals surface area contributed by atoms with Gasteiger partial charge in [0, 0.05) is 6.08 Å². The van der Waals surface area contributed by atoms with Crippen LogP contribution in [0.4, 0.5) is 13.2 Å². The predicted molar refractivity (Wildman–Crippen MR) is 75.1 cm³/mol. The van der Waals surface area contributed by atoms with Crippen LogP contribution >= 0.6 is 0 Å². The minimum absolute atomic E-state index is 0.482. The third-order valence-corrected chi connectivity index (χ3v) is 2.87. The van der Waals surface area contributed by atoms with Crippen molar-refractivity contribution in [2.75, 3.05) is 0 Å². The Morgan fingerprint density at radius 1 is 1.00 bits per heavy atom. The fraction of sp³-hybridized carbons (Fsp3) is 0.0625. The molecule has 1 amide bonds. The molecule has 0 heterocycles. The van der Waals surface area contributed by atoms with E-state index in [9.17, 15) is 18.0 Å². The molecule has 0 aromatic heterocycles. The van der Waals surface area contributed by atoms with Crippen molar-refractivity contribution in [3.63, 3.8) is 0 Å². The quantitative estimate of drug-likeness (QED) is 0.857. The number of halogens is 3. The number of nitrogens with two attached hydrogens (primary N) is 1. The van der Waals surface area contributed by atoms with Crippen LogP contribution in [0.2, 0.25) is 0 Å². The van der Waals surface area contributed by atoms with Crippen LogP contribution in [0.5, 0.6) is 0 Å². The number of carbonyl (C=O) groups excluding carboxylic acids is 1. The standard InChI is InChI=1S/C16H12F3NO/c17-16(18,19)14-3-1-2-13(10-14)12-7-4-11(5-8-12)6-9-15(20)21/h1-10H,(H2,20,21)/b9-6-. The smallest absolute Gasteiger partial charge is 0.366 e. The molecule has 2 nitrogen and oxygen atoms in total. The maximum absolute atomic E-state index is 12.7. The predicted octanol–water partition coefficient (Wildman–Crippen LogP) is 3.87. The third kappa shape index (κ3) is 3.95. The molecule has 2 rings (SSSR count). The highest BCUT2D eigenvalue weighted by Gasteiger charge is 2.30. The second-order valence-electron chi connectivity index (χ2n) is 4.44. The third-order valence-electron chi connectivity index (χ3n) is 2.87. The summed E-state index contributed by atoms with van der Waals surface area (Å²) in [4.78, 5) is 10.6. The first-order chi connectivity index (χ1) is 9.86. The number of carbonyl (C=O) groups is 1. The van der Waals surface area contributed by atoms with Gasteiger partial charge in [-0.2, -0.15) is 13.2 Å². The molecule has 108 valence electrons. The summed E-state index contributed by atoms with van der Waals surface area (Å²) in [6.45, 7) is 0. The fourth-order valence-corrected chi connectivity index (χ4v) is 1.84. The van der Waals surface area contributed by atoms with E-state index in [1.807, 2.05) is 0 Å². The number of rotatable bonds is 3. The second-order valence-corrected chi connectivity index (χ2v) is 4.44. The van der Waals surface area contributed by atoms with Crippen molar-refractivity contribution in [2.24, 2.45) is 5.73 Å². The van der Waals surface area contributed by atoms with Crippen molar-refractivity contribution >= 4 is 12.0 Å². The van der Waals surface area contributed by atoms with Crippen molar-refractivity contribution in [2.45, 2.75) is 6.18 Å². The van der Waals surface area contributed by atoms with E-state index < -0.39 is 17.6 Å². The Morgan fingerprint density at radius 3 is 2.24 bits per heavy atom. The topological polar surface area (TPSA) is 43.1 Å². The van der Waals surface area contributed by atoms with Crippen LogP contribution in [0.15, 0.2) is 54.6 Å². The second kappa shape index (κ2) is 5.83. The van der Waals surface area contributed by atoms with Crippen LogP contribution in [0, 0.1) is 0 Å².